The Morgan fingerprint density at radius 3 is 2.90 bits per heavy atom. The van der Waals surface area contributed by atoms with Gasteiger partial charge in [-0.2, -0.15) is 11.8 Å². The van der Waals surface area contributed by atoms with Crippen molar-refractivity contribution in [2.75, 3.05) is 12.3 Å². The van der Waals surface area contributed by atoms with Gasteiger partial charge >= 0.3 is 0 Å². The minimum absolute atomic E-state index is 0.175. The van der Waals surface area contributed by atoms with Crippen LogP contribution in [0.15, 0.2) is 45.7 Å². The second kappa shape index (κ2) is 7.50. The monoisotopic (exact) mass is 357 g/mol. The van der Waals surface area contributed by atoms with Crippen molar-refractivity contribution in [1.82, 2.24) is 5.32 Å². The molecule has 6 heteroatoms. The number of benzene rings is 1. The summed E-state index contributed by atoms with van der Waals surface area (Å²) >= 11 is 4.72. The van der Waals surface area contributed by atoms with Crippen LogP contribution >= 0.6 is 27.7 Å². The van der Waals surface area contributed by atoms with E-state index in [0.29, 0.717) is 28.1 Å². The number of carbonyl (C=O) groups excluding carboxylic acids is 1. The molecule has 20 heavy (non-hydrogen) atoms. The lowest BCUT2D eigenvalue weighted by atomic mass is 10.2. The topological polar surface area (TPSA) is 42.2 Å². The van der Waals surface area contributed by atoms with E-state index in [9.17, 15) is 9.18 Å². The molecule has 0 spiro atoms. The molecule has 106 valence electrons. The summed E-state index contributed by atoms with van der Waals surface area (Å²) in [4.78, 5) is 11.7. The van der Waals surface area contributed by atoms with Crippen molar-refractivity contribution in [2.45, 2.75) is 5.75 Å². The first-order valence-electron chi connectivity index (χ1n) is 6.00. The van der Waals surface area contributed by atoms with E-state index in [1.807, 2.05) is 6.07 Å². The third-order valence-corrected chi connectivity index (χ3v) is 4.00. The number of hydrogen-bond donors (Lipinski definition) is 1. The van der Waals surface area contributed by atoms with E-state index in [-0.39, 0.29) is 11.7 Å². The predicted molar refractivity (Wildman–Crippen MR) is 81.3 cm³/mol. The van der Waals surface area contributed by atoms with Crippen LogP contribution in [0.25, 0.3) is 0 Å². The smallest absolute Gasteiger partial charge is 0.254 e. The van der Waals surface area contributed by atoms with Crippen LogP contribution in [0.5, 0.6) is 0 Å². The molecule has 0 bridgehead atoms. The fourth-order valence-electron chi connectivity index (χ4n) is 1.57. The second-order valence-electron chi connectivity index (χ2n) is 4.04. The van der Waals surface area contributed by atoms with Crippen molar-refractivity contribution in [2.24, 2.45) is 0 Å². The lowest BCUT2D eigenvalue weighted by molar-refractivity contribution is 0.0955. The largest absolute Gasteiger partial charge is 0.457 e. The molecule has 1 aromatic heterocycles. The van der Waals surface area contributed by atoms with E-state index in [1.54, 1.807) is 30.0 Å². The Morgan fingerprint density at radius 1 is 1.40 bits per heavy atom. The first-order valence-corrected chi connectivity index (χ1v) is 7.95. The number of rotatable bonds is 6. The molecule has 1 heterocycles. The molecule has 0 radical (unpaired) electrons. The summed E-state index contributed by atoms with van der Waals surface area (Å²) in [6, 6.07) is 8.32. The van der Waals surface area contributed by atoms with E-state index >= 15 is 0 Å². The summed E-state index contributed by atoms with van der Waals surface area (Å²) in [6.07, 6.45) is 1.39. The van der Waals surface area contributed by atoms with Crippen molar-refractivity contribution in [3.05, 3.63) is 58.2 Å². The summed E-state index contributed by atoms with van der Waals surface area (Å²) in [7, 11) is 0. The summed E-state index contributed by atoms with van der Waals surface area (Å²) in [5, 5.41) is 2.78. The average molecular weight is 358 g/mol. The van der Waals surface area contributed by atoms with Crippen LogP contribution in [0, 0.1) is 5.82 Å². The molecule has 0 aliphatic heterocycles. The van der Waals surface area contributed by atoms with Crippen LogP contribution in [0.1, 0.15) is 15.9 Å². The summed E-state index contributed by atoms with van der Waals surface area (Å²) < 4.78 is 18.9. The fraction of sp³-hybridized carbons (Fsp3) is 0.214. The van der Waals surface area contributed by atoms with Gasteiger partial charge in [0.2, 0.25) is 0 Å². The lowest BCUT2D eigenvalue weighted by Crippen LogP contribution is -2.25. The Bertz CT molecular complexity index is 588. The normalized spacial score (nSPS) is 10.5. The molecule has 0 aliphatic rings. The third kappa shape index (κ3) is 4.38. The molecular formula is C14H13BrFNO2S. The summed E-state index contributed by atoms with van der Waals surface area (Å²) in [5.74, 6) is 0.956. The van der Waals surface area contributed by atoms with Crippen molar-refractivity contribution >= 4 is 33.6 Å². The number of halogens is 2. The van der Waals surface area contributed by atoms with Gasteiger partial charge in [0, 0.05) is 24.1 Å². The van der Waals surface area contributed by atoms with Crippen molar-refractivity contribution in [3.8, 4) is 0 Å². The van der Waals surface area contributed by atoms with Crippen LogP contribution in [-0.2, 0) is 5.75 Å². The molecule has 2 rings (SSSR count). The van der Waals surface area contributed by atoms with Crippen molar-refractivity contribution < 1.29 is 13.6 Å². The maximum absolute atomic E-state index is 13.4. The Morgan fingerprint density at radius 2 is 2.20 bits per heavy atom. The molecule has 0 unspecified atom stereocenters. The van der Waals surface area contributed by atoms with Crippen LogP contribution in [0.3, 0.4) is 0 Å². The molecule has 1 aromatic carbocycles. The Kier molecular flexibility index (Phi) is 5.67. The van der Waals surface area contributed by atoms with Crippen LogP contribution < -0.4 is 5.32 Å². The Balaban J connectivity index is 1.67. The Labute approximate surface area is 129 Å². The summed E-state index contributed by atoms with van der Waals surface area (Å²) in [6.45, 7) is 0.529. The summed E-state index contributed by atoms with van der Waals surface area (Å²) in [5.41, 5.74) is 1.17. The number of hydrogen-bond acceptors (Lipinski definition) is 3. The Hall–Kier alpha value is -1.27. The maximum Gasteiger partial charge on any atom is 0.254 e. The number of thioether (sulfide) groups is 1. The highest BCUT2D eigenvalue weighted by Crippen LogP contribution is 2.15. The zero-order valence-electron chi connectivity index (χ0n) is 10.6. The molecule has 2 aromatic rings. The van der Waals surface area contributed by atoms with Gasteiger partial charge in [-0.05, 0) is 27.6 Å². The van der Waals surface area contributed by atoms with Crippen LogP contribution in [0.4, 0.5) is 4.39 Å². The molecule has 0 atom stereocenters. The number of amides is 1. The molecule has 0 saturated heterocycles. The molecule has 0 fully saturated rings. The van der Waals surface area contributed by atoms with E-state index in [0.717, 1.165) is 5.75 Å². The molecule has 3 nitrogen and oxygen atoms in total. The van der Waals surface area contributed by atoms with E-state index in [1.165, 1.54) is 12.3 Å². The third-order valence-electron chi connectivity index (χ3n) is 2.58. The van der Waals surface area contributed by atoms with E-state index < -0.39 is 0 Å². The molecular weight excluding hydrogens is 345 g/mol. The van der Waals surface area contributed by atoms with Crippen LogP contribution in [-0.4, -0.2) is 18.2 Å². The first kappa shape index (κ1) is 15.1. The van der Waals surface area contributed by atoms with Crippen molar-refractivity contribution in [1.29, 1.82) is 0 Å². The fourth-order valence-corrected chi connectivity index (χ4v) is 2.75. The number of nitrogens with one attached hydrogen (secondary N) is 1. The molecule has 0 saturated carbocycles. The lowest BCUT2D eigenvalue weighted by Gasteiger charge is -2.04. The maximum atomic E-state index is 13.4. The molecule has 0 aliphatic carbocycles. The minimum atomic E-state index is -0.188. The van der Waals surface area contributed by atoms with E-state index in [4.69, 9.17) is 4.42 Å². The van der Waals surface area contributed by atoms with Crippen LogP contribution in [0.2, 0.25) is 0 Å². The zero-order valence-corrected chi connectivity index (χ0v) is 13.0. The van der Waals surface area contributed by atoms with Gasteiger partial charge in [0.1, 0.15) is 12.1 Å². The second-order valence-corrected chi connectivity index (χ2v) is 5.93. The van der Waals surface area contributed by atoms with Gasteiger partial charge in [0.15, 0.2) is 4.67 Å². The number of furan rings is 1. The van der Waals surface area contributed by atoms with Gasteiger partial charge in [0.25, 0.3) is 5.91 Å². The SMILES string of the molecule is O=C(NCCSCc1ccccc1F)c1coc(Br)c1. The molecule has 1 N–H and O–H groups in total. The van der Waals surface area contributed by atoms with Gasteiger partial charge in [-0.25, -0.2) is 4.39 Å². The highest BCUT2D eigenvalue weighted by molar-refractivity contribution is 9.10. The minimum Gasteiger partial charge on any atom is -0.457 e. The van der Waals surface area contributed by atoms with Gasteiger partial charge < -0.3 is 9.73 Å². The number of carbonyl (C=O) groups is 1. The predicted octanol–water partition coefficient (Wildman–Crippen LogP) is 3.84. The van der Waals surface area contributed by atoms with Gasteiger partial charge in [-0.1, -0.05) is 18.2 Å². The average Bonchev–Trinajstić information content (AvgIpc) is 2.87. The van der Waals surface area contributed by atoms with Gasteiger partial charge in [0.05, 0.1) is 5.56 Å². The first-order chi connectivity index (χ1) is 9.66. The molecule has 1 amide bonds. The van der Waals surface area contributed by atoms with E-state index in [2.05, 4.69) is 21.2 Å². The van der Waals surface area contributed by atoms with Crippen molar-refractivity contribution in [3.63, 3.8) is 0 Å². The zero-order chi connectivity index (χ0) is 14.4. The quantitative estimate of drug-likeness (QED) is 0.798. The highest BCUT2D eigenvalue weighted by atomic mass is 79.9. The standard InChI is InChI=1S/C14H13BrFNO2S/c15-13-7-11(8-19-13)14(18)17-5-6-20-9-10-3-1-2-4-12(10)16/h1-4,7-8H,5-6,9H2,(H,17,18). The van der Waals surface area contributed by atoms with Gasteiger partial charge in [-0.15, -0.1) is 0 Å². The highest BCUT2D eigenvalue weighted by Gasteiger charge is 2.08. The van der Waals surface area contributed by atoms with Gasteiger partial charge in [-0.3, -0.25) is 4.79 Å².